The van der Waals surface area contributed by atoms with Crippen molar-refractivity contribution >= 4 is 11.9 Å². The third-order valence-electron chi connectivity index (χ3n) is 4.04. The molecule has 0 spiro atoms. The number of primary amides is 1. The molecule has 0 aliphatic rings. The molecule has 1 amide bonds. The Kier molecular flexibility index (Phi) is 5.20. The first-order chi connectivity index (χ1) is 13.0. The number of carboxylic acids is 1. The van der Waals surface area contributed by atoms with Crippen LogP contribution in [0.3, 0.4) is 0 Å². The van der Waals surface area contributed by atoms with E-state index in [1.807, 2.05) is 10.8 Å². The molecule has 0 aliphatic carbocycles. The van der Waals surface area contributed by atoms with Gasteiger partial charge in [0.1, 0.15) is 17.1 Å². The number of carbonyl (C=O) groups is 2. The fraction of sp³-hybridized carbons (Fsp3) is 0.222. The Morgan fingerprint density at radius 3 is 2.85 bits per heavy atom. The van der Waals surface area contributed by atoms with Crippen molar-refractivity contribution in [1.82, 2.24) is 19.3 Å². The minimum absolute atomic E-state index is 0.0618. The lowest BCUT2D eigenvalue weighted by Gasteiger charge is -2.09. The highest BCUT2D eigenvalue weighted by atomic mass is 16.5. The molecule has 1 aromatic carbocycles. The van der Waals surface area contributed by atoms with Crippen molar-refractivity contribution in [2.75, 3.05) is 7.11 Å². The number of aromatic carboxylic acids is 1. The quantitative estimate of drug-likeness (QED) is 0.623. The summed E-state index contributed by atoms with van der Waals surface area (Å²) in [6.45, 7) is 0.568. The van der Waals surface area contributed by atoms with E-state index in [9.17, 15) is 14.7 Å². The number of nitrogens with two attached hydrogens (primary N) is 1. The summed E-state index contributed by atoms with van der Waals surface area (Å²) in [5, 5.41) is 13.7. The highest BCUT2D eigenvalue weighted by Gasteiger charge is 2.16. The van der Waals surface area contributed by atoms with Crippen LogP contribution in [0.4, 0.5) is 0 Å². The average molecular weight is 369 g/mol. The van der Waals surface area contributed by atoms with Crippen LogP contribution in [0.25, 0.3) is 17.1 Å². The largest absolute Gasteiger partial charge is 0.496 e. The maximum Gasteiger partial charge on any atom is 0.339 e. The van der Waals surface area contributed by atoms with Crippen LogP contribution >= 0.6 is 0 Å². The number of ether oxygens (including phenoxy) is 1. The highest BCUT2D eigenvalue weighted by molar-refractivity contribution is 5.92. The van der Waals surface area contributed by atoms with Crippen LogP contribution in [0, 0.1) is 0 Å². The van der Waals surface area contributed by atoms with E-state index in [1.54, 1.807) is 35.4 Å². The number of aromatic nitrogens is 4. The molecule has 2 aromatic heterocycles. The van der Waals surface area contributed by atoms with Gasteiger partial charge >= 0.3 is 5.97 Å². The number of imidazole rings is 1. The molecule has 0 unspecified atom stereocenters. The minimum atomic E-state index is -1.07. The molecule has 2 heterocycles. The number of methoxy groups -OCH3 is 1. The van der Waals surface area contributed by atoms with Gasteiger partial charge in [0.05, 0.1) is 19.0 Å². The fourth-order valence-corrected chi connectivity index (χ4v) is 2.75. The molecule has 3 N–H and O–H groups in total. The van der Waals surface area contributed by atoms with E-state index >= 15 is 0 Å². The van der Waals surface area contributed by atoms with E-state index in [4.69, 9.17) is 10.5 Å². The standard InChI is InChI=1S/C18H19N5O4/c1-27-15-5-4-12(9-14(15)18(25)26)17-20-6-8-23(17)13-10-21-22(11-13)7-2-3-16(19)24/h4-6,8-11H,2-3,7H2,1H3,(H2,19,24)(H,25,26). The summed E-state index contributed by atoms with van der Waals surface area (Å²) in [7, 11) is 1.43. The van der Waals surface area contributed by atoms with Crippen molar-refractivity contribution in [2.24, 2.45) is 5.73 Å². The normalized spacial score (nSPS) is 10.7. The first-order valence-corrected chi connectivity index (χ1v) is 8.26. The Labute approximate surface area is 155 Å². The fourth-order valence-electron chi connectivity index (χ4n) is 2.75. The Bertz CT molecular complexity index is 976. The molecule has 0 saturated carbocycles. The Morgan fingerprint density at radius 1 is 1.33 bits per heavy atom. The second-order valence-corrected chi connectivity index (χ2v) is 5.87. The van der Waals surface area contributed by atoms with Crippen LogP contribution in [-0.4, -0.2) is 43.4 Å². The summed E-state index contributed by atoms with van der Waals surface area (Å²) in [6, 6.07) is 4.88. The van der Waals surface area contributed by atoms with Crippen molar-refractivity contribution in [3.05, 3.63) is 48.5 Å². The molecule has 3 aromatic rings. The third-order valence-corrected chi connectivity index (χ3v) is 4.04. The van der Waals surface area contributed by atoms with Crippen molar-refractivity contribution in [3.63, 3.8) is 0 Å². The lowest BCUT2D eigenvalue weighted by molar-refractivity contribution is -0.118. The Balaban J connectivity index is 1.89. The molecule has 0 bridgehead atoms. The Hall–Kier alpha value is -3.62. The van der Waals surface area contributed by atoms with E-state index in [2.05, 4.69) is 10.1 Å². The van der Waals surface area contributed by atoms with E-state index in [1.165, 1.54) is 13.2 Å². The van der Waals surface area contributed by atoms with Gasteiger partial charge in [-0.1, -0.05) is 0 Å². The molecule has 0 saturated heterocycles. The zero-order valence-corrected chi connectivity index (χ0v) is 14.7. The summed E-state index contributed by atoms with van der Waals surface area (Å²) in [5.74, 6) is -0.550. The van der Waals surface area contributed by atoms with Gasteiger partial charge in [0.15, 0.2) is 0 Å². The first-order valence-electron chi connectivity index (χ1n) is 8.26. The van der Waals surface area contributed by atoms with Crippen molar-refractivity contribution in [1.29, 1.82) is 0 Å². The van der Waals surface area contributed by atoms with Gasteiger partial charge in [-0.2, -0.15) is 5.10 Å². The number of aryl methyl sites for hydroxylation is 1. The number of carbonyl (C=O) groups excluding carboxylic acids is 1. The number of hydrogen-bond acceptors (Lipinski definition) is 5. The molecule has 0 fully saturated rings. The van der Waals surface area contributed by atoms with Gasteiger partial charge in [-0.3, -0.25) is 14.0 Å². The molecule has 0 atom stereocenters. The minimum Gasteiger partial charge on any atom is -0.496 e. The molecule has 3 rings (SSSR count). The van der Waals surface area contributed by atoms with Crippen LogP contribution in [-0.2, 0) is 11.3 Å². The number of hydrogen-bond donors (Lipinski definition) is 2. The van der Waals surface area contributed by atoms with E-state index in [0.29, 0.717) is 30.8 Å². The Morgan fingerprint density at radius 2 is 2.15 bits per heavy atom. The molecule has 0 radical (unpaired) electrons. The maximum absolute atomic E-state index is 11.5. The molecule has 27 heavy (non-hydrogen) atoms. The van der Waals surface area contributed by atoms with Crippen LogP contribution in [0.2, 0.25) is 0 Å². The summed E-state index contributed by atoms with van der Waals surface area (Å²) in [4.78, 5) is 26.6. The van der Waals surface area contributed by atoms with Crippen LogP contribution in [0.5, 0.6) is 5.75 Å². The van der Waals surface area contributed by atoms with Crippen LogP contribution in [0.1, 0.15) is 23.2 Å². The molecule has 140 valence electrons. The predicted octanol–water partition coefficient (Wildman–Crippen LogP) is 1.71. The first kappa shape index (κ1) is 18.2. The number of benzene rings is 1. The molecular weight excluding hydrogens is 350 g/mol. The monoisotopic (exact) mass is 369 g/mol. The zero-order valence-electron chi connectivity index (χ0n) is 14.7. The molecule has 0 aliphatic heterocycles. The van der Waals surface area contributed by atoms with Crippen molar-refractivity contribution in [2.45, 2.75) is 19.4 Å². The summed E-state index contributed by atoms with van der Waals surface area (Å²) in [5.41, 5.74) is 6.62. The smallest absolute Gasteiger partial charge is 0.339 e. The molecule has 9 nitrogen and oxygen atoms in total. The van der Waals surface area contributed by atoms with Gasteiger partial charge in [-0.05, 0) is 24.6 Å². The second kappa shape index (κ2) is 7.73. The number of rotatable bonds is 8. The summed E-state index contributed by atoms with van der Waals surface area (Å²) < 4.78 is 8.63. The van der Waals surface area contributed by atoms with E-state index < -0.39 is 5.97 Å². The topological polar surface area (TPSA) is 125 Å². The summed E-state index contributed by atoms with van der Waals surface area (Å²) >= 11 is 0. The van der Waals surface area contributed by atoms with Gasteiger partial charge in [-0.15, -0.1) is 0 Å². The third kappa shape index (κ3) is 3.97. The maximum atomic E-state index is 11.5. The number of carboxylic acid groups (broad SMARTS) is 1. The molecule has 9 heteroatoms. The number of amides is 1. The predicted molar refractivity (Wildman–Crippen MR) is 96.7 cm³/mol. The van der Waals surface area contributed by atoms with Crippen molar-refractivity contribution in [3.8, 4) is 22.8 Å². The second-order valence-electron chi connectivity index (χ2n) is 5.87. The lowest BCUT2D eigenvalue weighted by Crippen LogP contribution is -2.11. The SMILES string of the molecule is COc1ccc(-c2nccn2-c2cnn(CCCC(N)=O)c2)cc1C(=O)O. The van der Waals surface area contributed by atoms with Crippen LogP contribution < -0.4 is 10.5 Å². The van der Waals surface area contributed by atoms with Gasteiger partial charge < -0.3 is 15.6 Å². The van der Waals surface area contributed by atoms with Gasteiger partial charge in [0.2, 0.25) is 5.91 Å². The van der Waals surface area contributed by atoms with Gasteiger partial charge in [0.25, 0.3) is 0 Å². The summed E-state index contributed by atoms with van der Waals surface area (Å²) in [6.07, 6.45) is 7.81. The van der Waals surface area contributed by atoms with E-state index in [0.717, 1.165) is 5.69 Å². The zero-order chi connectivity index (χ0) is 19.4. The molecular formula is C18H19N5O4. The van der Waals surface area contributed by atoms with Gasteiger partial charge in [0, 0.05) is 37.1 Å². The highest BCUT2D eigenvalue weighted by Crippen LogP contribution is 2.27. The van der Waals surface area contributed by atoms with Crippen LogP contribution in [0.15, 0.2) is 43.0 Å². The lowest BCUT2D eigenvalue weighted by atomic mass is 10.1. The van der Waals surface area contributed by atoms with Crippen molar-refractivity contribution < 1.29 is 19.4 Å². The van der Waals surface area contributed by atoms with Gasteiger partial charge in [-0.25, -0.2) is 9.78 Å². The van der Waals surface area contributed by atoms with E-state index in [-0.39, 0.29) is 17.2 Å². The number of nitrogens with zero attached hydrogens (tertiary/aromatic N) is 4. The average Bonchev–Trinajstić information content (AvgIpc) is 3.29.